The second kappa shape index (κ2) is 14.2. The van der Waals surface area contributed by atoms with Crippen molar-refractivity contribution in [3.63, 3.8) is 0 Å². The van der Waals surface area contributed by atoms with Crippen LogP contribution in [0.5, 0.6) is 11.5 Å². The molecule has 0 atom stereocenters. The quantitative estimate of drug-likeness (QED) is 0.192. The van der Waals surface area contributed by atoms with E-state index in [1.807, 2.05) is 16.3 Å². The Kier molecular flexibility index (Phi) is 10.7. The van der Waals surface area contributed by atoms with Gasteiger partial charge in [0.1, 0.15) is 17.3 Å². The van der Waals surface area contributed by atoms with Gasteiger partial charge in [-0.1, -0.05) is 23.2 Å². The third kappa shape index (κ3) is 8.46. The van der Waals surface area contributed by atoms with E-state index in [0.717, 1.165) is 30.5 Å². The van der Waals surface area contributed by atoms with Crippen molar-refractivity contribution in [2.24, 2.45) is 0 Å². The molecule has 198 valence electrons. The molecular weight excluding hydrogens is 558 g/mol. The van der Waals surface area contributed by atoms with Crippen molar-refractivity contribution in [1.29, 1.82) is 0 Å². The van der Waals surface area contributed by atoms with Gasteiger partial charge in [0.2, 0.25) is 5.91 Å². The minimum Gasteiger partial charge on any atom is -0.455 e. The van der Waals surface area contributed by atoms with Crippen LogP contribution in [-0.2, 0) is 16.0 Å². The zero-order chi connectivity index (χ0) is 26.0. The molecule has 4 rings (SSSR count). The number of hydrogen-bond acceptors (Lipinski definition) is 8. The Morgan fingerprint density at radius 2 is 2.03 bits per heavy atom. The third-order valence-corrected chi connectivity index (χ3v) is 7.76. The second-order valence-corrected chi connectivity index (χ2v) is 10.8. The standard InChI is InChI=1S/C25H27Cl2FN4O3S2/c26-18-3-4-21(17(14-18)2-1-6-29-7-5-24(33)32-9-11-34-12-10-32)35-22-16-20(28)23(15-19(22)27)37-31-25-30-8-13-36-25/h3-4,8,13-16,29H,1-2,5-7,9-12H2,(H,30,31). The van der Waals surface area contributed by atoms with Crippen LogP contribution in [0.3, 0.4) is 0 Å². The van der Waals surface area contributed by atoms with Crippen LogP contribution in [0.4, 0.5) is 9.52 Å². The highest BCUT2D eigenvalue weighted by molar-refractivity contribution is 8.00. The van der Waals surface area contributed by atoms with E-state index < -0.39 is 5.82 Å². The molecule has 1 aliphatic rings. The molecular formula is C25H27Cl2FN4O3S2. The summed E-state index contributed by atoms with van der Waals surface area (Å²) in [6.45, 7) is 3.88. The number of amides is 1. The van der Waals surface area contributed by atoms with Gasteiger partial charge < -0.3 is 24.4 Å². The monoisotopic (exact) mass is 584 g/mol. The first-order valence-electron chi connectivity index (χ1n) is 11.8. The lowest BCUT2D eigenvalue weighted by atomic mass is 10.1. The van der Waals surface area contributed by atoms with Crippen molar-refractivity contribution >= 4 is 57.5 Å². The Balaban J connectivity index is 1.28. The molecule has 0 saturated carbocycles. The molecule has 2 N–H and O–H groups in total. The predicted molar refractivity (Wildman–Crippen MR) is 148 cm³/mol. The fourth-order valence-corrected chi connectivity index (χ4v) is 5.43. The van der Waals surface area contributed by atoms with Crippen LogP contribution in [0.25, 0.3) is 0 Å². The number of halogens is 3. The number of nitrogens with one attached hydrogen (secondary N) is 2. The average molecular weight is 586 g/mol. The van der Waals surface area contributed by atoms with Crippen molar-refractivity contribution in [1.82, 2.24) is 15.2 Å². The van der Waals surface area contributed by atoms with Gasteiger partial charge in [-0.25, -0.2) is 9.37 Å². The molecule has 12 heteroatoms. The van der Waals surface area contributed by atoms with Crippen LogP contribution in [0.1, 0.15) is 18.4 Å². The molecule has 0 radical (unpaired) electrons. The third-order valence-electron chi connectivity index (χ3n) is 5.59. The highest BCUT2D eigenvalue weighted by Gasteiger charge is 2.16. The Bertz CT molecular complexity index is 1180. The number of carbonyl (C=O) groups is 1. The lowest BCUT2D eigenvalue weighted by molar-refractivity contribution is -0.135. The van der Waals surface area contributed by atoms with Crippen LogP contribution >= 0.6 is 46.5 Å². The van der Waals surface area contributed by atoms with Crippen LogP contribution < -0.4 is 14.8 Å². The summed E-state index contributed by atoms with van der Waals surface area (Å²) in [5, 5.41) is 6.70. The molecule has 7 nitrogen and oxygen atoms in total. The highest BCUT2D eigenvalue weighted by atomic mass is 35.5. The molecule has 1 saturated heterocycles. The number of hydrogen-bond donors (Lipinski definition) is 2. The minimum atomic E-state index is -0.459. The SMILES string of the molecule is O=C(CCNCCCc1cc(Cl)ccc1Oc1cc(F)c(SNc2nccs2)cc1Cl)N1CCOCC1. The lowest BCUT2D eigenvalue weighted by Gasteiger charge is -2.26. The Labute approximate surface area is 233 Å². The lowest BCUT2D eigenvalue weighted by Crippen LogP contribution is -2.41. The van der Waals surface area contributed by atoms with E-state index in [1.54, 1.807) is 18.3 Å². The highest BCUT2D eigenvalue weighted by Crippen LogP contribution is 2.37. The number of carbonyl (C=O) groups excluding carboxylic acids is 1. The van der Waals surface area contributed by atoms with Gasteiger partial charge in [-0.3, -0.25) is 4.79 Å². The van der Waals surface area contributed by atoms with E-state index in [0.29, 0.717) is 66.5 Å². The van der Waals surface area contributed by atoms with Crippen molar-refractivity contribution in [3.05, 3.63) is 63.3 Å². The van der Waals surface area contributed by atoms with Gasteiger partial charge in [0.25, 0.3) is 0 Å². The van der Waals surface area contributed by atoms with Crippen molar-refractivity contribution < 1.29 is 18.7 Å². The zero-order valence-corrected chi connectivity index (χ0v) is 23.1. The van der Waals surface area contributed by atoms with E-state index in [4.69, 9.17) is 32.7 Å². The largest absolute Gasteiger partial charge is 0.455 e. The van der Waals surface area contributed by atoms with Crippen molar-refractivity contribution in [2.45, 2.75) is 24.2 Å². The number of aromatic nitrogens is 1. The molecule has 1 fully saturated rings. The number of morpholine rings is 1. The van der Waals surface area contributed by atoms with Gasteiger partial charge in [-0.2, -0.15) is 0 Å². The maximum absolute atomic E-state index is 14.7. The first kappa shape index (κ1) is 27.9. The molecule has 0 unspecified atom stereocenters. The fourth-order valence-electron chi connectivity index (χ4n) is 3.70. The summed E-state index contributed by atoms with van der Waals surface area (Å²) in [6, 6.07) is 8.12. The van der Waals surface area contributed by atoms with Gasteiger partial charge in [0.05, 0.1) is 23.1 Å². The molecule has 1 aromatic heterocycles. The van der Waals surface area contributed by atoms with Gasteiger partial charge >= 0.3 is 0 Å². The summed E-state index contributed by atoms with van der Waals surface area (Å²) in [5.41, 5.74) is 0.888. The normalized spacial score (nSPS) is 13.5. The number of rotatable bonds is 12. The first-order valence-corrected chi connectivity index (χ1v) is 14.3. The summed E-state index contributed by atoms with van der Waals surface area (Å²) in [4.78, 5) is 18.5. The van der Waals surface area contributed by atoms with E-state index >= 15 is 0 Å². The number of anilines is 1. The first-order chi connectivity index (χ1) is 18.0. The van der Waals surface area contributed by atoms with E-state index in [-0.39, 0.29) is 16.7 Å². The maximum Gasteiger partial charge on any atom is 0.224 e. The molecule has 0 aliphatic carbocycles. The van der Waals surface area contributed by atoms with Crippen LogP contribution in [0.2, 0.25) is 10.0 Å². The van der Waals surface area contributed by atoms with Gasteiger partial charge in [0.15, 0.2) is 5.13 Å². The summed E-state index contributed by atoms with van der Waals surface area (Å²) < 4.78 is 29.0. The summed E-state index contributed by atoms with van der Waals surface area (Å²) in [5.74, 6) is 0.476. The van der Waals surface area contributed by atoms with Crippen molar-refractivity contribution in [3.8, 4) is 11.5 Å². The summed E-state index contributed by atoms with van der Waals surface area (Å²) in [6.07, 6.45) is 3.62. The van der Waals surface area contributed by atoms with E-state index in [2.05, 4.69) is 15.0 Å². The predicted octanol–water partition coefficient (Wildman–Crippen LogP) is 6.27. The summed E-state index contributed by atoms with van der Waals surface area (Å²) >= 11 is 15.2. The Morgan fingerprint density at radius 1 is 1.19 bits per heavy atom. The molecule has 2 aromatic carbocycles. The van der Waals surface area contributed by atoms with Gasteiger partial charge in [0, 0.05) is 48.7 Å². The molecule has 0 spiro atoms. The minimum absolute atomic E-state index is 0.147. The topological polar surface area (TPSA) is 75.7 Å². The zero-order valence-electron chi connectivity index (χ0n) is 20.0. The molecule has 37 heavy (non-hydrogen) atoms. The van der Waals surface area contributed by atoms with Gasteiger partial charge in [-0.15, -0.1) is 11.3 Å². The van der Waals surface area contributed by atoms with Crippen molar-refractivity contribution in [2.75, 3.05) is 44.1 Å². The summed E-state index contributed by atoms with van der Waals surface area (Å²) in [7, 11) is 0. The van der Waals surface area contributed by atoms with Crippen LogP contribution in [0, 0.1) is 5.82 Å². The molecule has 3 aromatic rings. The van der Waals surface area contributed by atoms with Crippen LogP contribution in [-0.4, -0.2) is 55.2 Å². The number of benzene rings is 2. The molecule has 2 heterocycles. The average Bonchev–Trinajstić information content (AvgIpc) is 3.42. The van der Waals surface area contributed by atoms with Gasteiger partial charge in [-0.05, 0) is 61.2 Å². The molecule has 1 aliphatic heterocycles. The Hall–Kier alpha value is -2.08. The van der Waals surface area contributed by atoms with E-state index in [9.17, 15) is 9.18 Å². The maximum atomic E-state index is 14.7. The number of thiazole rings is 1. The fraction of sp³-hybridized carbons (Fsp3) is 0.360. The second-order valence-electron chi connectivity index (χ2n) is 8.21. The number of ether oxygens (including phenoxy) is 2. The van der Waals surface area contributed by atoms with E-state index in [1.165, 1.54) is 23.5 Å². The van der Waals surface area contributed by atoms with Crippen LogP contribution in [0.15, 0.2) is 46.8 Å². The molecule has 0 bridgehead atoms. The smallest absolute Gasteiger partial charge is 0.224 e. The number of aryl methyl sites for hydroxylation is 1. The Morgan fingerprint density at radius 3 is 2.81 bits per heavy atom. The molecule has 1 amide bonds. The number of nitrogens with zero attached hydrogens (tertiary/aromatic N) is 2.